The zero-order valence-corrected chi connectivity index (χ0v) is 24.1. The number of aliphatic carboxylic acids is 1. The van der Waals surface area contributed by atoms with Crippen LogP contribution >= 0.6 is 0 Å². The van der Waals surface area contributed by atoms with Crippen molar-refractivity contribution in [3.8, 4) is 0 Å². The first kappa shape index (κ1) is 35.1. The van der Waals surface area contributed by atoms with Crippen LogP contribution in [0.1, 0.15) is 53.4 Å². The van der Waals surface area contributed by atoms with Crippen molar-refractivity contribution >= 4 is 41.5 Å². The van der Waals surface area contributed by atoms with Crippen LogP contribution in [0, 0.1) is 17.2 Å². The Labute approximate surface area is 239 Å². The Hall–Kier alpha value is -3.95. The highest BCUT2D eigenvalue weighted by Crippen LogP contribution is 2.20. The number of likely N-dealkylation sites (tertiary alicyclic amines) is 1. The molecule has 1 fully saturated rings. The Morgan fingerprint density at radius 2 is 1.61 bits per heavy atom. The fraction of sp³-hybridized carbons (Fsp3) is 0.720. The lowest BCUT2D eigenvalue weighted by Crippen LogP contribution is -2.58. The fourth-order valence-corrected chi connectivity index (χ4v) is 4.18. The maximum absolute atomic E-state index is 13.6. The molecular formula is C25H45N9O7. The lowest BCUT2D eigenvalue weighted by atomic mass is 10.0. The average Bonchev–Trinajstić information content (AvgIpc) is 3.39. The second-order valence-corrected chi connectivity index (χ2v) is 10.6. The Morgan fingerprint density at radius 1 is 0.951 bits per heavy atom. The number of rotatable bonds is 16. The van der Waals surface area contributed by atoms with E-state index in [-0.39, 0.29) is 37.3 Å². The van der Waals surface area contributed by atoms with E-state index in [2.05, 4.69) is 26.6 Å². The van der Waals surface area contributed by atoms with E-state index in [1.165, 1.54) is 4.90 Å². The quantitative estimate of drug-likeness (QED) is 0.0510. The second kappa shape index (κ2) is 17.0. The van der Waals surface area contributed by atoms with Crippen molar-refractivity contribution in [1.82, 2.24) is 31.5 Å². The number of carboxylic acid groups (broad SMARTS) is 1. The standard InChI is InChI=1S/C25H45N9O7/c1-13(2)19(26)22(39)30-11-17(35)33-20(14(3)4)23(40)32-15(7-5-9-29-25(27)28)24(41)34-10-6-8-16(34)21(38)31-12-18(36)37/h13-16,19-20H,5-12,26H2,1-4H3,(H,30,39)(H,31,38)(H,32,40)(H,33,35)(H,36,37)(H4,27,28,29)/t15-,16-,19-,20-/m0/s1. The van der Waals surface area contributed by atoms with E-state index >= 15 is 0 Å². The van der Waals surface area contributed by atoms with E-state index in [1.54, 1.807) is 27.7 Å². The molecule has 0 radical (unpaired) electrons. The molecular weight excluding hydrogens is 538 g/mol. The van der Waals surface area contributed by atoms with E-state index < -0.39 is 72.8 Å². The number of nitrogens with zero attached hydrogens (tertiary/aromatic N) is 1. The molecule has 16 nitrogen and oxygen atoms in total. The summed E-state index contributed by atoms with van der Waals surface area (Å²) in [5, 5.41) is 28.8. The summed E-state index contributed by atoms with van der Waals surface area (Å²) in [7, 11) is 0. The summed E-state index contributed by atoms with van der Waals surface area (Å²) in [4.78, 5) is 76.2. The summed E-state index contributed by atoms with van der Waals surface area (Å²) < 4.78 is 0. The largest absolute Gasteiger partial charge is 0.480 e. The van der Waals surface area contributed by atoms with Gasteiger partial charge in [-0.2, -0.15) is 0 Å². The zero-order chi connectivity index (χ0) is 31.3. The molecule has 0 aliphatic carbocycles. The number of amides is 5. The molecule has 5 amide bonds. The van der Waals surface area contributed by atoms with Crippen molar-refractivity contribution in [2.45, 2.75) is 77.5 Å². The third-order valence-electron chi connectivity index (χ3n) is 6.56. The highest BCUT2D eigenvalue weighted by molar-refractivity contribution is 5.95. The van der Waals surface area contributed by atoms with Crippen molar-refractivity contribution in [2.75, 3.05) is 26.2 Å². The number of carboxylic acids is 1. The molecule has 1 heterocycles. The Morgan fingerprint density at radius 3 is 2.17 bits per heavy atom. The number of guanidine groups is 1. The smallest absolute Gasteiger partial charge is 0.322 e. The molecule has 0 aromatic carbocycles. The van der Waals surface area contributed by atoms with Crippen molar-refractivity contribution in [3.05, 3.63) is 0 Å². The van der Waals surface area contributed by atoms with Gasteiger partial charge in [0.25, 0.3) is 0 Å². The van der Waals surface area contributed by atoms with Gasteiger partial charge in [0, 0.05) is 13.1 Å². The molecule has 1 aliphatic heterocycles. The van der Waals surface area contributed by atoms with Crippen molar-refractivity contribution in [1.29, 1.82) is 5.41 Å². The summed E-state index contributed by atoms with van der Waals surface area (Å²) in [6, 6.07) is -3.81. The van der Waals surface area contributed by atoms with Crippen molar-refractivity contribution in [3.63, 3.8) is 0 Å². The first-order chi connectivity index (χ1) is 19.1. The minimum Gasteiger partial charge on any atom is -0.480 e. The second-order valence-electron chi connectivity index (χ2n) is 10.6. The van der Waals surface area contributed by atoms with Gasteiger partial charge in [-0.1, -0.05) is 27.7 Å². The molecule has 0 bridgehead atoms. The highest BCUT2D eigenvalue weighted by atomic mass is 16.4. The molecule has 1 rings (SSSR count). The summed E-state index contributed by atoms with van der Waals surface area (Å²) >= 11 is 0. The molecule has 16 heteroatoms. The van der Waals surface area contributed by atoms with Gasteiger partial charge in [0.2, 0.25) is 29.5 Å². The van der Waals surface area contributed by atoms with Gasteiger partial charge < -0.3 is 48.1 Å². The lowest BCUT2D eigenvalue weighted by molar-refractivity contribution is -0.143. The molecule has 1 saturated heterocycles. The van der Waals surface area contributed by atoms with Crippen LogP contribution in [0.2, 0.25) is 0 Å². The molecule has 0 aromatic rings. The van der Waals surface area contributed by atoms with Crippen LogP contribution in [0.15, 0.2) is 0 Å². The number of nitrogens with two attached hydrogens (primary N) is 2. The molecule has 41 heavy (non-hydrogen) atoms. The summed E-state index contributed by atoms with van der Waals surface area (Å²) in [6.45, 7) is 6.45. The maximum Gasteiger partial charge on any atom is 0.322 e. The molecule has 0 spiro atoms. The van der Waals surface area contributed by atoms with Gasteiger partial charge in [-0.3, -0.25) is 34.2 Å². The zero-order valence-electron chi connectivity index (χ0n) is 24.1. The monoisotopic (exact) mass is 583 g/mol. The van der Waals surface area contributed by atoms with Crippen LogP contribution in [-0.4, -0.2) is 102 Å². The Kier molecular flexibility index (Phi) is 14.5. The maximum atomic E-state index is 13.6. The third-order valence-corrected chi connectivity index (χ3v) is 6.56. The van der Waals surface area contributed by atoms with E-state index in [1.807, 2.05) is 0 Å². The minimum absolute atomic E-state index is 0.132. The third kappa shape index (κ3) is 12.0. The average molecular weight is 584 g/mol. The SMILES string of the molecule is CC(C)[C@H](N)C(=O)NCC(=O)N[C@H](C(=O)N[C@@H](CCCNC(=N)N)C(=O)N1CCC[C@H]1C(=O)NCC(=O)O)C(C)C. The van der Waals surface area contributed by atoms with E-state index in [0.29, 0.717) is 19.3 Å². The molecule has 1 aliphatic rings. The molecule has 4 atom stereocenters. The van der Waals surface area contributed by atoms with Crippen LogP contribution in [-0.2, 0) is 28.8 Å². The first-order valence-electron chi connectivity index (χ1n) is 13.7. The minimum atomic E-state index is -1.22. The molecule has 0 unspecified atom stereocenters. The Balaban J connectivity index is 2.99. The molecule has 0 aromatic heterocycles. The predicted octanol–water partition coefficient (Wildman–Crippen LogP) is -2.83. The summed E-state index contributed by atoms with van der Waals surface area (Å²) in [5.74, 6) is -4.88. The van der Waals surface area contributed by atoms with Crippen molar-refractivity contribution in [2.24, 2.45) is 23.3 Å². The van der Waals surface area contributed by atoms with Gasteiger partial charge >= 0.3 is 5.97 Å². The van der Waals surface area contributed by atoms with E-state index in [9.17, 15) is 28.8 Å². The van der Waals surface area contributed by atoms with Crippen LogP contribution < -0.4 is 38.1 Å². The number of carbonyl (C=O) groups excluding carboxylic acids is 5. The molecule has 0 saturated carbocycles. The van der Waals surface area contributed by atoms with Crippen molar-refractivity contribution < 1.29 is 33.9 Å². The summed E-state index contributed by atoms with van der Waals surface area (Å²) in [6.07, 6.45) is 1.31. The van der Waals surface area contributed by atoms with E-state index in [0.717, 1.165) is 0 Å². The van der Waals surface area contributed by atoms with Gasteiger partial charge in [0.05, 0.1) is 12.6 Å². The lowest BCUT2D eigenvalue weighted by Gasteiger charge is -2.30. The van der Waals surface area contributed by atoms with E-state index in [4.69, 9.17) is 22.0 Å². The van der Waals surface area contributed by atoms with Gasteiger partial charge in [-0.05, 0) is 37.5 Å². The first-order valence-corrected chi connectivity index (χ1v) is 13.7. The number of nitrogens with one attached hydrogen (secondary N) is 6. The van der Waals surface area contributed by atoms with Crippen LogP contribution in [0.25, 0.3) is 0 Å². The van der Waals surface area contributed by atoms with Crippen LogP contribution in [0.4, 0.5) is 0 Å². The number of hydrogen-bond acceptors (Lipinski definition) is 8. The predicted molar refractivity (Wildman–Crippen MR) is 149 cm³/mol. The molecule has 11 N–H and O–H groups in total. The van der Waals surface area contributed by atoms with Crippen LogP contribution in [0.5, 0.6) is 0 Å². The molecule has 232 valence electrons. The topological polar surface area (TPSA) is 262 Å². The Bertz CT molecular complexity index is 973. The van der Waals surface area contributed by atoms with Crippen LogP contribution in [0.3, 0.4) is 0 Å². The van der Waals surface area contributed by atoms with Gasteiger partial charge in [0.1, 0.15) is 24.7 Å². The van der Waals surface area contributed by atoms with Gasteiger partial charge in [-0.15, -0.1) is 0 Å². The normalized spacial score (nSPS) is 16.9. The highest BCUT2D eigenvalue weighted by Gasteiger charge is 2.38. The summed E-state index contributed by atoms with van der Waals surface area (Å²) in [5.41, 5.74) is 11.1. The number of hydrogen-bond donors (Lipinski definition) is 9. The van der Waals surface area contributed by atoms with Gasteiger partial charge in [-0.25, -0.2) is 0 Å². The fourth-order valence-electron chi connectivity index (χ4n) is 4.18. The van der Waals surface area contributed by atoms with Gasteiger partial charge in [0.15, 0.2) is 5.96 Å². The number of carbonyl (C=O) groups is 6.